The van der Waals surface area contributed by atoms with Gasteiger partial charge in [-0.1, -0.05) is 18.2 Å². The molecule has 0 aliphatic carbocycles. The zero-order chi connectivity index (χ0) is 20.5. The second-order valence-electron chi connectivity index (χ2n) is 6.66. The average Bonchev–Trinajstić information content (AvgIpc) is 3.06. The van der Waals surface area contributed by atoms with Crippen molar-refractivity contribution in [2.24, 2.45) is 0 Å². The Morgan fingerprint density at radius 1 is 1.07 bits per heavy atom. The molecule has 0 saturated heterocycles. The molecule has 0 saturated carbocycles. The van der Waals surface area contributed by atoms with Crippen molar-refractivity contribution < 1.29 is 14.0 Å². The summed E-state index contributed by atoms with van der Waals surface area (Å²) in [5.41, 5.74) is 2.61. The Balaban J connectivity index is 1.60. The lowest BCUT2D eigenvalue weighted by atomic mass is 10.1. The van der Waals surface area contributed by atoms with Crippen LogP contribution in [0.15, 0.2) is 58.0 Å². The van der Waals surface area contributed by atoms with Crippen LogP contribution in [0.1, 0.15) is 12.5 Å². The fourth-order valence-electron chi connectivity index (χ4n) is 3.17. The van der Waals surface area contributed by atoms with E-state index in [-0.39, 0.29) is 18.0 Å². The number of hydrogen-bond acceptors (Lipinski definition) is 5. The third kappa shape index (κ3) is 3.47. The van der Waals surface area contributed by atoms with Crippen molar-refractivity contribution in [3.8, 4) is 0 Å². The van der Waals surface area contributed by atoms with Crippen molar-refractivity contribution in [1.82, 2.24) is 9.55 Å². The topological polar surface area (TPSA) is 106 Å². The highest BCUT2D eigenvalue weighted by molar-refractivity contribution is 6.02. The number of anilines is 2. The highest BCUT2D eigenvalue weighted by Crippen LogP contribution is 2.25. The number of carbonyl (C=O) groups excluding carboxylic acids is 2. The first-order valence-corrected chi connectivity index (χ1v) is 8.98. The third-order valence-electron chi connectivity index (χ3n) is 4.58. The Labute approximate surface area is 165 Å². The van der Waals surface area contributed by atoms with Gasteiger partial charge in [0.05, 0.1) is 6.33 Å². The van der Waals surface area contributed by atoms with Crippen LogP contribution < -0.4 is 16.2 Å². The predicted octanol–water partition coefficient (Wildman–Crippen LogP) is 3.05. The van der Waals surface area contributed by atoms with Crippen LogP contribution in [0.25, 0.3) is 22.1 Å². The SMILES string of the molecule is CC(=O)Nc1cccc(NC(=O)Cn2cnc3c(oc4ccccc43)c2=O)c1C. The Morgan fingerprint density at radius 3 is 2.55 bits per heavy atom. The van der Waals surface area contributed by atoms with E-state index in [0.717, 1.165) is 5.39 Å². The van der Waals surface area contributed by atoms with E-state index in [1.165, 1.54) is 17.8 Å². The molecule has 4 aromatic rings. The summed E-state index contributed by atoms with van der Waals surface area (Å²) in [7, 11) is 0. The van der Waals surface area contributed by atoms with Crippen LogP contribution in [-0.4, -0.2) is 21.4 Å². The molecule has 8 nitrogen and oxygen atoms in total. The molecule has 8 heteroatoms. The van der Waals surface area contributed by atoms with Gasteiger partial charge < -0.3 is 15.1 Å². The van der Waals surface area contributed by atoms with Gasteiger partial charge in [0.1, 0.15) is 17.6 Å². The van der Waals surface area contributed by atoms with Crippen LogP contribution in [-0.2, 0) is 16.1 Å². The molecule has 2 heterocycles. The third-order valence-corrected chi connectivity index (χ3v) is 4.58. The first kappa shape index (κ1) is 18.4. The number of amides is 2. The number of hydrogen-bond donors (Lipinski definition) is 2. The monoisotopic (exact) mass is 390 g/mol. The van der Waals surface area contributed by atoms with Gasteiger partial charge in [0, 0.05) is 23.7 Å². The maximum atomic E-state index is 12.7. The summed E-state index contributed by atoms with van der Waals surface area (Å²) in [4.78, 5) is 40.8. The van der Waals surface area contributed by atoms with E-state index in [1.54, 1.807) is 31.2 Å². The summed E-state index contributed by atoms with van der Waals surface area (Å²) in [6.45, 7) is 2.98. The second-order valence-corrected chi connectivity index (χ2v) is 6.66. The van der Waals surface area contributed by atoms with Gasteiger partial charge in [0.15, 0.2) is 0 Å². The van der Waals surface area contributed by atoms with Crippen molar-refractivity contribution in [3.63, 3.8) is 0 Å². The van der Waals surface area contributed by atoms with Crippen LogP contribution in [0.3, 0.4) is 0 Å². The Kier molecular flexibility index (Phi) is 4.59. The van der Waals surface area contributed by atoms with E-state index >= 15 is 0 Å². The fraction of sp³-hybridized carbons (Fsp3) is 0.143. The fourth-order valence-corrected chi connectivity index (χ4v) is 3.17. The molecule has 0 spiro atoms. The summed E-state index contributed by atoms with van der Waals surface area (Å²) in [5, 5.41) is 6.23. The minimum Gasteiger partial charge on any atom is -0.448 e. The highest BCUT2D eigenvalue weighted by atomic mass is 16.3. The molecule has 29 heavy (non-hydrogen) atoms. The molecule has 0 aliphatic heterocycles. The van der Waals surface area contributed by atoms with Crippen molar-refractivity contribution in [1.29, 1.82) is 0 Å². The van der Waals surface area contributed by atoms with Gasteiger partial charge in [-0.3, -0.25) is 19.0 Å². The van der Waals surface area contributed by atoms with E-state index in [2.05, 4.69) is 15.6 Å². The lowest BCUT2D eigenvalue weighted by molar-refractivity contribution is -0.117. The minimum absolute atomic E-state index is 0.116. The zero-order valence-corrected chi connectivity index (χ0v) is 15.9. The number of aromatic nitrogens is 2. The van der Waals surface area contributed by atoms with Crippen LogP contribution >= 0.6 is 0 Å². The van der Waals surface area contributed by atoms with Gasteiger partial charge >= 0.3 is 0 Å². The van der Waals surface area contributed by atoms with Gasteiger partial charge in [-0.05, 0) is 36.8 Å². The largest absolute Gasteiger partial charge is 0.448 e. The highest BCUT2D eigenvalue weighted by Gasteiger charge is 2.15. The molecule has 0 bridgehead atoms. The van der Waals surface area contributed by atoms with E-state index < -0.39 is 11.5 Å². The molecular weight excluding hydrogens is 372 g/mol. The van der Waals surface area contributed by atoms with Crippen LogP contribution in [0.4, 0.5) is 11.4 Å². The van der Waals surface area contributed by atoms with Crippen LogP contribution in [0.2, 0.25) is 0 Å². The molecule has 4 rings (SSSR count). The van der Waals surface area contributed by atoms with E-state index in [1.807, 2.05) is 18.2 Å². The molecule has 0 aliphatic rings. The normalized spacial score (nSPS) is 11.0. The number of nitrogens with zero attached hydrogens (tertiary/aromatic N) is 2. The maximum absolute atomic E-state index is 12.7. The minimum atomic E-state index is -0.426. The number of nitrogens with one attached hydrogen (secondary N) is 2. The lowest BCUT2D eigenvalue weighted by Crippen LogP contribution is -2.27. The maximum Gasteiger partial charge on any atom is 0.297 e. The first-order chi connectivity index (χ1) is 13.9. The number of rotatable bonds is 4. The number of para-hydroxylation sites is 1. The molecule has 2 N–H and O–H groups in total. The van der Waals surface area contributed by atoms with Crippen molar-refractivity contribution in [3.05, 3.63) is 64.7 Å². The number of carbonyl (C=O) groups is 2. The quantitative estimate of drug-likeness (QED) is 0.557. The summed E-state index contributed by atoms with van der Waals surface area (Å²) < 4.78 is 6.83. The van der Waals surface area contributed by atoms with Crippen LogP contribution in [0.5, 0.6) is 0 Å². The Hall–Kier alpha value is -3.94. The molecule has 2 aromatic carbocycles. The molecular formula is C21H18N4O4. The molecule has 146 valence electrons. The van der Waals surface area contributed by atoms with Crippen molar-refractivity contribution in [2.75, 3.05) is 10.6 Å². The summed E-state index contributed by atoms with van der Waals surface area (Å²) in [6, 6.07) is 12.4. The molecule has 2 aromatic heterocycles. The number of benzene rings is 2. The van der Waals surface area contributed by atoms with Gasteiger partial charge in [0.2, 0.25) is 17.4 Å². The molecule has 0 fully saturated rings. The lowest BCUT2D eigenvalue weighted by Gasteiger charge is -2.13. The van der Waals surface area contributed by atoms with Gasteiger partial charge in [0.25, 0.3) is 5.56 Å². The van der Waals surface area contributed by atoms with Gasteiger partial charge in [-0.2, -0.15) is 0 Å². The number of furan rings is 1. The Bertz CT molecular complexity index is 1320. The summed E-state index contributed by atoms with van der Waals surface area (Å²) in [5.74, 6) is -0.597. The molecule has 0 unspecified atom stereocenters. The smallest absolute Gasteiger partial charge is 0.297 e. The number of fused-ring (bicyclic) bond motifs is 3. The first-order valence-electron chi connectivity index (χ1n) is 8.98. The standard InChI is InChI=1S/C21H18N4O4/c1-12-15(23-13(2)26)7-5-8-16(12)24-18(27)10-25-11-22-19-14-6-3-4-9-17(14)29-20(19)21(25)28/h3-9,11H,10H2,1-2H3,(H,23,26)(H,24,27). The van der Waals surface area contributed by atoms with E-state index in [0.29, 0.717) is 28.0 Å². The van der Waals surface area contributed by atoms with Gasteiger partial charge in [-0.25, -0.2) is 4.98 Å². The zero-order valence-electron chi connectivity index (χ0n) is 15.9. The van der Waals surface area contributed by atoms with Crippen LogP contribution in [0, 0.1) is 6.92 Å². The van der Waals surface area contributed by atoms with Gasteiger partial charge in [-0.15, -0.1) is 0 Å². The second kappa shape index (κ2) is 7.23. The molecule has 0 radical (unpaired) electrons. The van der Waals surface area contributed by atoms with Crippen molar-refractivity contribution in [2.45, 2.75) is 20.4 Å². The summed E-state index contributed by atoms with van der Waals surface area (Å²) >= 11 is 0. The van der Waals surface area contributed by atoms with E-state index in [4.69, 9.17) is 4.42 Å². The van der Waals surface area contributed by atoms with Crippen molar-refractivity contribution >= 4 is 45.3 Å². The molecule has 0 atom stereocenters. The predicted molar refractivity (Wildman–Crippen MR) is 110 cm³/mol. The summed E-state index contributed by atoms with van der Waals surface area (Å²) in [6.07, 6.45) is 1.34. The Morgan fingerprint density at radius 2 is 1.79 bits per heavy atom. The van der Waals surface area contributed by atoms with E-state index in [9.17, 15) is 14.4 Å². The average molecular weight is 390 g/mol. The molecule has 2 amide bonds.